The molecule has 1 aromatic heterocycles. The molecule has 3 rings (SSSR count). The monoisotopic (exact) mass is 313 g/mol. The van der Waals surface area contributed by atoms with E-state index in [-0.39, 0.29) is 11.7 Å². The van der Waals surface area contributed by atoms with Gasteiger partial charge in [-0.1, -0.05) is 25.3 Å². The number of nitrogens with one attached hydrogen (secondary N) is 2. The first-order chi connectivity index (χ1) is 11.2. The molecule has 0 saturated heterocycles. The van der Waals surface area contributed by atoms with E-state index in [1.807, 2.05) is 6.07 Å². The summed E-state index contributed by atoms with van der Waals surface area (Å²) in [6.45, 7) is 0. The fourth-order valence-corrected chi connectivity index (χ4v) is 2.86. The van der Waals surface area contributed by atoms with Crippen molar-refractivity contribution < 1.29 is 9.18 Å². The number of pyridine rings is 1. The number of nitrogens with zero attached hydrogens (tertiary/aromatic N) is 1. The van der Waals surface area contributed by atoms with Gasteiger partial charge >= 0.3 is 0 Å². The number of carbonyl (C=O) groups is 1. The van der Waals surface area contributed by atoms with Gasteiger partial charge in [0.2, 0.25) is 0 Å². The minimum absolute atomic E-state index is 0.309. The Morgan fingerprint density at radius 2 is 1.91 bits per heavy atom. The summed E-state index contributed by atoms with van der Waals surface area (Å²) in [6.07, 6.45) is 7.88. The number of benzene rings is 1. The van der Waals surface area contributed by atoms with Crippen LogP contribution in [0, 0.1) is 5.82 Å². The summed E-state index contributed by atoms with van der Waals surface area (Å²) in [7, 11) is 0. The molecule has 0 radical (unpaired) electrons. The van der Waals surface area contributed by atoms with Crippen LogP contribution in [-0.4, -0.2) is 16.9 Å². The van der Waals surface area contributed by atoms with Crippen LogP contribution in [0.25, 0.3) is 0 Å². The van der Waals surface area contributed by atoms with E-state index in [1.54, 1.807) is 24.4 Å². The van der Waals surface area contributed by atoms with Gasteiger partial charge in [0.05, 0.1) is 11.9 Å². The van der Waals surface area contributed by atoms with Crippen LogP contribution >= 0.6 is 0 Å². The third-order valence-electron chi connectivity index (χ3n) is 4.05. The molecule has 0 aliphatic heterocycles. The van der Waals surface area contributed by atoms with E-state index in [1.165, 1.54) is 44.2 Å². The summed E-state index contributed by atoms with van der Waals surface area (Å²) in [5, 5.41) is 6.10. The van der Waals surface area contributed by atoms with Crippen LogP contribution in [-0.2, 0) is 0 Å². The highest BCUT2D eigenvalue weighted by Gasteiger charge is 2.13. The second-order valence-corrected chi connectivity index (χ2v) is 5.88. The number of aromatic nitrogens is 1. The molecule has 4 nitrogen and oxygen atoms in total. The van der Waals surface area contributed by atoms with Crippen LogP contribution in [0.4, 0.5) is 15.8 Å². The topological polar surface area (TPSA) is 54.0 Å². The number of rotatable bonds is 4. The highest BCUT2D eigenvalue weighted by atomic mass is 19.1. The van der Waals surface area contributed by atoms with Gasteiger partial charge in [-0.25, -0.2) is 9.37 Å². The van der Waals surface area contributed by atoms with Crippen LogP contribution in [0.1, 0.15) is 42.6 Å². The highest BCUT2D eigenvalue weighted by molar-refractivity contribution is 6.02. The molecule has 120 valence electrons. The normalized spacial score (nSPS) is 15.2. The zero-order chi connectivity index (χ0) is 16.1. The van der Waals surface area contributed by atoms with Gasteiger partial charge in [-0.3, -0.25) is 4.79 Å². The van der Waals surface area contributed by atoms with Crippen molar-refractivity contribution in [3.05, 3.63) is 54.1 Å². The van der Waals surface area contributed by atoms with Gasteiger partial charge in [-0.2, -0.15) is 0 Å². The first-order valence-electron chi connectivity index (χ1n) is 8.00. The molecule has 0 atom stereocenters. The van der Waals surface area contributed by atoms with E-state index in [2.05, 4.69) is 15.6 Å². The van der Waals surface area contributed by atoms with E-state index < -0.39 is 0 Å². The Morgan fingerprint density at radius 3 is 2.61 bits per heavy atom. The molecule has 0 unspecified atom stereocenters. The predicted molar refractivity (Wildman–Crippen MR) is 89.1 cm³/mol. The third kappa shape index (κ3) is 4.28. The average Bonchev–Trinajstić information content (AvgIpc) is 2.56. The summed E-state index contributed by atoms with van der Waals surface area (Å²) in [5.41, 5.74) is 1.66. The van der Waals surface area contributed by atoms with Crippen molar-refractivity contribution >= 4 is 17.3 Å². The fraction of sp³-hybridized carbons (Fsp3) is 0.333. The third-order valence-corrected chi connectivity index (χ3v) is 4.05. The number of hydrogen-bond acceptors (Lipinski definition) is 3. The van der Waals surface area contributed by atoms with E-state index in [4.69, 9.17) is 0 Å². The van der Waals surface area contributed by atoms with E-state index in [0.29, 0.717) is 17.4 Å². The zero-order valence-electron chi connectivity index (χ0n) is 12.9. The Morgan fingerprint density at radius 1 is 1.09 bits per heavy atom. The molecule has 1 fully saturated rings. The maximum Gasteiger partial charge on any atom is 0.274 e. The summed E-state index contributed by atoms with van der Waals surface area (Å²) in [5.74, 6) is -0.734. The molecule has 1 amide bonds. The van der Waals surface area contributed by atoms with Crippen molar-refractivity contribution in [2.75, 3.05) is 10.6 Å². The standard InChI is InChI=1S/C18H20FN3O/c19-13-5-4-8-15(11-13)22-18(23)17-10-9-16(12-20-17)21-14-6-2-1-3-7-14/h4-5,8-12,14,21H,1-3,6-7H2,(H,22,23). The molecule has 5 heteroatoms. The second-order valence-electron chi connectivity index (χ2n) is 5.88. The van der Waals surface area contributed by atoms with Crippen LogP contribution in [0.5, 0.6) is 0 Å². The molecule has 2 N–H and O–H groups in total. The van der Waals surface area contributed by atoms with Crippen LogP contribution in [0.15, 0.2) is 42.6 Å². The second kappa shape index (κ2) is 7.22. The molecule has 0 spiro atoms. The van der Waals surface area contributed by atoms with Crippen molar-refractivity contribution in [3.8, 4) is 0 Å². The molecule has 2 aromatic rings. The van der Waals surface area contributed by atoms with Crippen LogP contribution in [0.2, 0.25) is 0 Å². The van der Waals surface area contributed by atoms with Crippen molar-refractivity contribution in [1.29, 1.82) is 0 Å². The Labute approximate surface area is 135 Å². The SMILES string of the molecule is O=C(Nc1cccc(F)c1)c1ccc(NC2CCCCC2)cn1. The van der Waals surface area contributed by atoms with Gasteiger partial charge in [0, 0.05) is 11.7 Å². The van der Waals surface area contributed by atoms with Crippen LogP contribution in [0.3, 0.4) is 0 Å². The lowest BCUT2D eigenvalue weighted by Crippen LogP contribution is -2.22. The van der Waals surface area contributed by atoms with Gasteiger partial charge in [-0.05, 0) is 43.2 Å². The van der Waals surface area contributed by atoms with Gasteiger partial charge in [-0.15, -0.1) is 0 Å². The number of hydrogen-bond donors (Lipinski definition) is 2. The van der Waals surface area contributed by atoms with Gasteiger partial charge < -0.3 is 10.6 Å². The zero-order valence-corrected chi connectivity index (χ0v) is 12.9. The number of amides is 1. The number of anilines is 2. The largest absolute Gasteiger partial charge is 0.381 e. The predicted octanol–water partition coefficient (Wildman–Crippen LogP) is 4.22. The van der Waals surface area contributed by atoms with Gasteiger partial charge in [0.1, 0.15) is 11.5 Å². The van der Waals surface area contributed by atoms with Crippen molar-refractivity contribution in [1.82, 2.24) is 4.98 Å². The lowest BCUT2D eigenvalue weighted by Gasteiger charge is -2.23. The highest BCUT2D eigenvalue weighted by Crippen LogP contribution is 2.21. The smallest absolute Gasteiger partial charge is 0.274 e. The Balaban J connectivity index is 1.60. The first-order valence-corrected chi connectivity index (χ1v) is 8.00. The summed E-state index contributed by atoms with van der Waals surface area (Å²) < 4.78 is 13.1. The molecule has 23 heavy (non-hydrogen) atoms. The molecular weight excluding hydrogens is 293 g/mol. The Kier molecular flexibility index (Phi) is 4.86. The van der Waals surface area contributed by atoms with E-state index in [0.717, 1.165) is 5.69 Å². The minimum Gasteiger partial charge on any atom is -0.381 e. The fourth-order valence-electron chi connectivity index (χ4n) is 2.86. The molecule has 1 saturated carbocycles. The molecule has 1 aliphatic carbocycles. The number of halogens is 1. The Bertz CT molecular complexity index is 666. The average molecular weight is 313 g/mol. The molecular formula is C18H20FN3O. The van der Waals surface area contributed by atoms with E-state index >= 15 is 0 Å². The molecule has 0 bridgehead atoms. The summed E-state index contributed by atoms with van der Waals surface area (Å²) in [4.78, 5) is 16.3. The summed E-state index contributed by atoms with van der Waals surface area (Å²) >= 11 is 0. The van der Waals surface area contributed by atoms with Crippen LogP contribution < -0.4 is 10.6 Å². The maximum absolute atomic E-state index is 13.1. The van der Waals surface area contributed by atoms with E-state index in [9.17, 15) is 9.18 Å². The van der Waals surface area contributed by atoms with Gasteiger partial charge in [0.15, 0.2) is 0 Å². The van der Waals surface area contributed by atoms with Crippen molar-refractivity contribution in [3.63, 3.8) is 0 Å². The Hall–Kier alpha value is -2.43. The lowest BCUT2D eigenvalue weighted by molar-refractivity contribution is 0.102. The molecule has 1 aromatic carbocycles. The first kappa shape index (κ1) is 15.5. The molecule has 1 heterocycles. The lowest BCUT2D eigenvalue weighted by atomic mass is 9.95. The summed E-state index contributed by atoms with van der Waals surface area (Å²) in [6, 6.07) is 9.84. The molecule has 1 aliphatic rings. The van der Waals surface area contributed by atoms with Crippen molar-refractivity contribution in [2.45, 2.75) is 38.1 Å². The maximum atomic E-state index is 13.1. The van der Waals surface area contributed by atoms with Crippen molar-refractivity contribution in [2.24, 2.45) is 0 Å². The number of carbonyl (C=O) groups excluding carboxylic acids is 1. The minimum atomic E-state index is -0.386. The quantitative estimate of drug-likeness (QED) is 0.888. The van der Waals surface area contributed by atoms with Gasteiger partial charge in [0.25, 0.3) is 5.91 Å².